The molecule has 118 valence electrons. The molecule has 2 N–H and O–H groups in total. The van der Waals surface area contributed by atoms with Gasteiger partial charge < -0.3 is 15.0 Å². The summed E-state index contributed by atoms with van der Waals surface area (Å²) in [6.07, 6.45) is 0. The summed E-state index contributed by atoms with van der Waals surface area (Å²) < 4.78 is 1.73. The molecule has 0 saturated heterocycles. The third kappa shape index (κ3) is 3.09. The Morgan fingerprint density at radius 2 is 1.96 bits per heavy atom. The number of aromatic nitrogens is 1. The van der Waals surface area contributed by atoms with Crippen molar-refractivity contribution in [2.45, 2.75) is 13.1 Å². The molecular weight excluding hydrogens is 312 g/mol. The maximum atomic E-state index is 11.6. The Kier molecular flexibility index (Phi) is 4.37. The average Bonchev–Trinajstić information content (AvgIpc) is 2.81. The molecule has 3 rings (SSSR count). The second-order valence-corrected chi connectivity index (χ2v) is 5.88. The van der Waals surface area contributed by atoms with E-state index in [0.717, 1.165) is 22.0 Å². The van der Waals surface area contributed by atoms with E-state index in [1.807, 2.05) is 48.5 Å². The lowest BCUT2D eigenvalue weighted by Crippen LogP contribution is -2.16. The van der Waals surface area contributed by atoms with Crippen LogP contribution in [0.2, 0.25) is 5.02 Å². The Morgan fingerprint density at radius 3 is 2.70 bits per heavy atom. The summed E-state index contributed by atoms with van der Waals surface area (Å²) in [4.78, 5) is 11.6. The molecule has 23 heavy (non-hydrogen) atoms. The fraction of sp³-hybridized carbons (Fsp3) is 0.167. The summed E-state index contributed by atoms with van der Waals surface area (Å²) in [6.45, 7) is 1.11. The van der Waals surface area contributed by atoms with Gasteiger partial charge in [0.2, 0.25) is 0 Å². The monoisotopic (exact) mass is 328 g/mol. The minimum absolute atomic E-state index is 0.324. The van der Waals surface area contributed by atoms with Gasteiger partial charge in [-0.3, -0.25) is 0 Å². The lowest BCUT2D eigenvalue weighted by molar-refractivity contribution is 0.0685. The highest BCUT2D eigenvalue weighted by molar-refractivity contribution is 6.30. The average molecular weight is 329 g/mol. The molecule has 0 amide bonds. The highest BCUT2D eigenvalue weighted by atomic mass is 35.5. The molecule has 0 aliphatic rings. The van der Waals surface area contributed by atoms with Crippen LogP contribution in [0, 0.1) is 0 Å². The van der Waals surface area contributed by atoms with Gasteiger partial charge in [0.05, 0.1) is 0 Å². The zero-order valence-corrected chi connectivity index (χ0v) is 13.5. The normalized spacial score (nSPS) is 11.0. The van der Waals surface area contributed by atoms with Crippen LogP contribution in [-0.2, 0) is 20.1 Å². The number of benzene rings is 2. The number of aromatic carboxylic acids is 1. The van der Waals surface area contributed by atoms with Crippen LogP contribution in [0.15, 0.2) is 48.5 Å². The first-order chi connectivity index (χ1) is 11.1. The molecule has 1 heterocycles. The molecule has 1 aromatic heterocycles. The number of nitrogens with zero attached hydrogens (tertiary/aromatic N) is 1. The molecule has 2 aromatic carbocycles. The van der Waals surface area contributed by atoms with Crippen LogP contribution in [0.5, 0.6) is 0 Å². The van der Waals surface area contributed by atoms with Crippen molar-refractivity contribution < 1.29 is 9.90 Å². The fourth-order valence-corrected chi connectivity index (χ4v) is 3.11. The minimum atomic E-state index is -0.914. The van der Waals surface area contributed by atoms with Crippen LogP contribution in [0.25, 0.3) is 10.9 Å². The van der Waals surface area contributed by atoms with Crippen LogP contribution >= 0.6 is 11.6 Å². The Labute approximate surface area is 139 Å². The second-order valence-electron chi connectivity index (χ2n) is 5.44. The maximum absolute atomic E-state index is 11.6. The van der Waals surface area contributed by atoms with Crippen molar-refractivity contribution in [3.8, 4) is 0 Å². The number of carboxylic acids is 1. The van der Waals surface area contributed by atoms with Gasteiger partial charge in [-0.1, -0.05) is 41.9 Å². The standard InChI is InChI=1S/C18H17ClN2O2/c1-21-16-8-3-2-7-14(16)15(17(21)18(22)23)11-20-10-12-5-4-6-13(19)9-12/h2-9,20H,10-11H2,1H3,(H,22,23). The highest BCUT2D eigenvalue weighted by Gasteiger charge is 2.19. The van der Waals surface area contributed by atoms with Crippen molar-refractivity contribution in [3.63, 3.8) is 0 Å². The van der Waals surface area contributed by atoms with Gasteiger partial charge >= 0.3 is 5.97 Å². The van der Waals surface area contributed by atoms with Gasteiger partial charge in [-0.25, -0.2) is 4.79 Å². The summed E-state index contributed by atoms with van der Waals surface area (Å²) in [5, 5.41) is 14.5. The lowest BCUT2D eigenvalue weighted by atomic mass is 10.1. The summed E-state index contributed by atoms with van der Waals surface area (Å²) in [5.74, 6) is -0.914. The molecule has 4 nitrogen and oxygen atoms in total. The second kappa shape index (κ2) is 6.44. The van der Waals surface area contributed by atoms with Crippen LogP contribution in [-0.4, -0.2) is 15.6 Å². The van der Waals surface area contributed by atoms with E-state index in [9.17, 15) is 9.90 Å². The number of aryl methyl sites for hydroxylation is 1. The van der Waals surface area contributed by atoms with E-state index in [1.165, 1.54) is 0 Å². The van der Waals surface area contributed by atoms with E-state index in [4.69, 9.17) is 11.6 Å². The molecular formula is C18H17ClN2O2. The zero-order chi connectivity index (χ0) is 16.4. The minimum Gasteiger partial charge on any atom is -0.477 e. The van der Waals surface area contributed by atoms with Crippen molar-refractivity contribution in [2.24, 2.45) is 7.05 Å². The molecule has 0 spiro atoms. The van der Waals surface area contributed by atoms with Gasteiger partial charge in [-0.05, 0) is 23.8 Å². The number of rotatable bonds is 5. The van der Waals surface area contributed by atoms with Crippen LogP contribution in [0.1, 0.15) is 21.6 Å². The van der Waals surface area contributed by atoms with E-state index < -0.39 is 5.97 Å². The molecule has 0 aliphatic carbocycles. The van der Waals surface area contributed by atoms with Crippen molar-refractivity contribution >= 4 is 28.5 Å². The molecule has 0 saturated carbocycles. The van der Waals surface area contributed by atoms with Gasteiger partial charge in [-0.2, -0.15) is 0 Å². The van der Waals surface area contributed by atoms with E-state index in [2.05, 4.69) is 5.32 Å². The fourth-order valence-electron chi connectivity index (χ4n) is 2.90. The van der Waals surface area contributed by atoms with Crippen molar-refractivity contribution in [2.75, 3.05) is 0 Å². The summed E-state index contributed by atoms with van der Waals surface area (Å²) in [6, 6.07) is 15.3. The number of halogens is 1. The van der Waals surface area contributed by atoms with E-state index in [1.54, 1.807) is 11.6 Å². The van der Waals surface area contributed by atoms with Gasteiger partial charge in [0.1, 0.15) is 5.69 Å². The Hall–Kier alpha value is -2.30. The predicted molar refractivity (Wildman–Crippen MR) is 91.9 cm³/mol. The molecule has 0 bridgehead atoms. The number of carboxylic acid groups (broad SMARTS) is 1. The summed E-state index contributed by atoms with van der Waals surface area (Å²) in [5.41, 5.74) is 3.11. The molecule has 0 unspecified atom stereocenters. The van der Waals surface area contributed by atoms with Crippen molar-refractivity contribution in [3.05, 3.63) is 70.4 Å². The topological polar surface area (TPSA) is 54.3 Å². The Bertz CT molecular complexity index is 871. The largest absolute Gasteiger partial charge is 0.477 e. The third-order valence-corrected chi connectivity index (χ3v) is 4.17. The van der Waals surface area contributed by atoms with Crippen LogP contribution in [0.4, 0.5) is 0 Å². The van der Waals surface area contributed by atoms with Gasteiger partial charge in [0.15, 0.2) is 0 Å². The molecule has 0 radical (unpaired) electrons. The van der Waals surface area contributed by atoms with E-state index in [0.29, 0.717) is 23.8 Å². The molecule has 0 fully saturated rings. The van der Waals surface area contributed by atoms with Gasteiger partial charge in [-0.15, -0.1) is 0 Å². The van der Waals surface area contributed by atoms with Gasteiger partial charge in [0.25, 0.3) is 0 Å². The summed E-state index contributed by atoms with van der Waals surface area (Å²) >= 11 is 5.98. The highest BCUT2D eigenvalue weighted by Crippen LogP contribution is 2.25. The Balaban J connectivity index is 1.87. The Morgan fingerprint density at radius 1 is 1.17 bits per heavy atom. The predicted octanol–water partition coefficient (Wildman–Crippen LogP) is 3.82. The first-order valence-corrected chi connectivity index (χ1v) is 7.70. The van der Waals surface area contributed by atoms with Crippen LogP contribution in [0.3, 0.4) is 0 Å². The number of para-hydroxylation sites is 1. The number of hydrogen-bond donors (Lipinski definition) is 2. The summed E-state index contributed by atoms with van der Waals surface area (Å²) in [7, 11) is 1.78. The van der Waals surface area contributed by atoms with Crippen LogP contribution < -0.4 is 5.32 Å². The number of carbonyl (C=O) groups is 1. The molecule has 0 atom stereocenters. The van der Waals surface area contributed by atoms with E-state index in [-0.39, 0.29) is 0 Å². The van der Waals surface area contributed by atoms with Crippen molar-refractivity contribution in [1.29, 1.82) is 0 Å². The molecule has 3 aromatic rings. The number of fused-ring (bicyclic) bond motifs is 1. The van der Waals surface area contributed by atoms with E-state index >= 15 is 0 Å². The first kappa shape index (κ1) is 15.6. The SMILES string of the molecule is Cn1c(C(=O)O)c(CNCc2cccc(Cl)c2)c2ccccc21. The van der Waals surface area contributed by atoms with Gasteiger partial charge in [0, 0.05) is 41.6 Å². The first-order valence-electron chi connectivity index (χ1n) is 7.32. The smallest absolute Gasteiger partial charge is 0.352 e. The maximum Gasteiger partial charge on any atom is 0.352 e. The lowest BCUT2D eigenvalue weighted by Gasteiger charge is -2.07. The molecule has 0 aliphatic heterocycles. The zero-order valence-electron chi connectivity index (χ0n) is 12.7. The van der Waals surface area contributed by atoms with Crippen molar-refractivity contribution in [1.82, 2.24) is 9.88 Å². The number of hydrogen-bond acceptors (Lipinski definition) is 2. The quantitative estimate of drug-likeness (QED) is 0.748. The molecule has 5 heteroatoms. The number of nitrogens with one attached hydrogen (secondary N) is 1. The third-order valence-electron chi connectivity index (χ3n) is 3.93.